The van der Waals surface area contributed by atoms with Crippen molar-refractivity contribution >= 4 is 11.5 Å². The number of rotatable bonds is 2. The van der Waals surface area contributed by atoms with E-state index >= 15 is 0 Å². The number of hydrogen-bond donors (Lipinski definition) is 2. The van der Waals surface area contributed by atoms with Crippen LogP contribution in [0.2, 0.25) is 0 Å². The number of nitrogens with zero attached hydrogens (tertiary/aromatic N) is 2. The van der Waals surface area contributed by atoms with Gasteiger partial charge in [-0.1, -0.05) is 0 Å². The zero-order valence-corrected chi connectivity index (χ0v) is 8.76. The SMILES string of the molecule is Nc1cccnc1N1CCC[C@H](CO)C1. The highest BCUT2D eigenvalue weighted by molar-refractivity contribution is 5.62. The molecule has 0 aliphatic carbocycles. The molecule has 1 atom stereocenters. The molecule has 1 aromatic rings. The maximum Gasteiger partial charge on any atom is 0.151 e. The van der Waals surface area contributed by atoms with Crippen molar-refractivity contribution < 1.29 is 5.11 Å². The molecule has 1 aromatic heterocycles. The van der Waals surface area contributed by atoms with Gasteiger partial charge in [-0.25, -0.2) is 4.98 Å². The lowest BCUT2D eigenvalue weighted by atomic mass is 9.99. The molecule has 0 radical (unpaired) electrons. The molecule has 1 saturated heterocycles. The first-order valence-electron chi connectivity index (χ1n) is 5.37. The Morgan fingerprint density at radius 2 is 2.47 bits per heavy atom. The summed E-state index contributed by atoms with van der Waals surface area (Å²) >= 11 is 0. The Morgan fingerprint density at radius 1 is 1.60 bits per heavy atom. The van der Waals surface area contributed by atoms with Crippen molar-refractivity contribution in [3.05, 3.63) is 18.3 Å². The lowest BCUT2D eigenvalue weighted by Crippen LogP contribution is -2.37. The summed E-state index contributed by atoms with van der Waals surface area (Å²) in [5.74, 6) is 1.22. The summed E-state index contributed by atoms with van der Waals surface area (Å²) in [6.45, 7) is 2.10. The van der Waals surface area contributed by atoms with Gasteiger partial charge in [0, 0.05) is 25.9 Å². The third-order valence-electron chi connectivity index (χ3n) is 2.89. The molecule has 0 aromatic carbocycles. The summed E-state index contributed by atoms with van der Waals surface area (Å²) in [6.07, 6.45) is 3.95. The normalized spacial score (nSPS) is 21.7. The van der Waals surface area contributed by atoms with E-state index in [1.54, 1.807) is 6.20 Å². The number of piperidine rings is 1. The minimum Gasteiger partial charge on any atom is -0.396 e. The Morgan fingerprint density at radius 3 is 3.20 bits per heavy atom. The molecule has 15 heavy (non-hydrogen) atoms. The van der Waals surface area contributed by atoms with Gasteiger partial charge in [-0.2, -0.15) is 0 Å². The van der Waals surface area contributed by atoms with Crippen molar-refractivity contribution in [1.82, 2.24) is 4.98 Å². The van der Waals surface area contributed by atoms with Crippen LogP contribution in [0.4, 0.5) is 11.5 Å². The van der Waals surface area contributed by atoms with E-state index in [4.69, 9.17) is 10.8 Å². The van der Waals surface area contributed by atoms with Crippen LogP contribution < -0.4 is 10.6 Å². The molecule has 0 saturated carbocycles. The summed E-state index contributed by atoms with van der Waals surface area (Å²) in [4.78, 5) is 6.46. The number of nitrogen functional groups attached to an aromatic ring is 1. The van der Waals surface area contributed by atoms with Crippen LogP contribution in [0.1, 0.15) is 12.8 Å². The van der Waals surface area contributed by atoms with Crippen molar-refractivity contribution in [3.63, 3.8) is 0 Å². The highest BCUT2D eigenvalue weighted by Crippen LogP contribution is 2.25. The molecule has 0 unspecified atom stereocenters. The Bertz CT molecular complexity index is 329. The molecular formula is C11H17N3O. The van der Waals surface area contributed by atoms with E-state index in [1.807, 2.05) is 12.1 Å². The van der Waals surface area contributed by atoms with Gasteiger partial charge in [0.15, 0.2) is 5.82 Å². The van der Waals surface area contributed by atoms with E-state index in [0.29, 0.717) is 5.92 Å². The van der Waals surface area contributed by atoms with Gasteiger partial charge in [0.1, 0.15) is 0 Å². The molecule has 82 valence electrons. The predicted octanol–water partition coefficient (Wildman–Crippen LogP) is 0.872. The van der Waals surface area contributed by atoms with Crippen LogP contribution in [0.25, 0.3) is 0 Å². The Kier molecular flexibility index (Phi) is 3.06. The molecule has 0 bridgehead atoms. The van der Waals surface area contributed by atoms with Crippen molar-refractivity contribution in [2.24, 2.45) is 5.92 Å². The minimum absolute atomic E-state index is 0.253. The summed E-state index contributed by atoms with van der Waals surface area (Å²) < 4.78 is 0. The van der Waals surface area contributed by atoms with Gasteiger partial charge in [0.25, 0.3) is 0 Å². The van der Waals surface area contributed by atoms with Crippen LogP contribution in [-0.2, 0) is 0 Å². The van der Waals surface area contributed by atoms with Gasteiger partial charge in [-0.3, -0.25) is 0 Å². The van der Waals surface area contributed by atoms with Gasteiger partial charge in [0.05, 0.1) is 5.69 Å². The van der Waals surface area contributed by atoms with Gasteiger partial charge in [-0.05, 0) is 30.9 Å². The van der Waals surface area contributed by atoms with E-state index in [9.17, 15) is 0 Å². The minimum atomic E-state index is 0.253. The average molecular weight is 207 g/mol. The molecule has 1 fully saturated rings. The highest BCUT2D eigenvalue weighted by atomic mass is 16.3. The maximum atomic E-state index is 9.15. The molecule has 4 nitrogen and oxygen atoms in total. The van der Waals surface area contributed by atoms with E-state index in [0.717, 1.165) is 37.4 Å². The number of aliphatic hydroxyl groups is 1. The lowest BCUT2D eigenvalue weighted by Gasteiger charge is -2.33. The summed E-state index contributed by atoms with van der Waals surface area (Å²) in [6, 6.07) is 3.71. The maximum absolute atomic E-state index is 9.15. The summed E-state index contributed by atoms with van der Waals surface area (Å²) in [5.41, 5.74) is 6.59. The number of aromatic nitrogens is 1. The molecule has 1 aliphatic heterocycles. The van der Waals surface area contributed by atoms with E-state index in [-0.39, 0.29) is 6.61 Å². The molecule has 0 amide bonds. The molecular weight excluding hydrogens is 190 g/mol. The zero-order chi connectivity index (χ0) is 10.7. The first-order chi connectivity index (χ1) is 7.31. The van der Waals surface area contributed by atoms with Gasteiger partial charge in [-0.15, -0.1) is 0 Å². The van der Waals surface area contributed by atoms with Crippen LogP contribution in [0, 0.1) is 5.92 Å². The second kappa shape index (κ2) is 4.49. The number of anilines is 2. The van der Waals surface area contributed by atoms with Gasteiger partial charge in [0.2, 0.25) is 0 Å². The fourth-order valence-electron chi connectivity index (χ4n) is 2.08. The molecule has 2 heterocycles. The van der Waals surface area contributed by atoms with Gasteiger partial charge >= 0.3 is 0 Å². The smallest absolute Gasteiger partial charge is 0.151 e. The Hall–Kier alpha value is -1.29. The number of nitrogens with two attached hydrogens (primary N) is 1. The van der Waals surface area contributed by atoms with Crippen LogP contribution in [0.3, 0.4) is 0 Å². The van der Waals surface area contributed by atoms with Crippen molar-refractivity contribution in [3.8, 4) is 0 Å². The fraction of sp³-hybridized carbons (Fsp3) is 0.545. The molecule has 2 rings (SSSR count). The first-order valence-corrected chi connectivity index (χ1v) is 5.37. The third kappa shape index (κ3) is 2.21. The summed E-state index contributed by atoms with van der Waals surface area (Å²) in [5, 5.41) is 9.15. The second-order valence-corrected chi connectivity index (χ2v) is 4.05. The van der Waals surface area contributed by atoms with Crippen molar-refractivity contribution in [2.75, 3.05) is 30.3 Å². The number of aliphatic hydroxyl groups excluding tert-OH is 1. The van der Waals surface area contributed by atoms with Crippen LogP contribution in [0.15, 0.2) is 18.3 Å². The largest absolute Gasteiger partial charge is 0.396 e. The molecule has 3 N–H and O–H groups in total. The van der Waals surface area contributed by atoms with E-state index in [2.05, 4.69) is 9.88 Å². The fourth-order valence-corrected chi connectivity index (χ4v) is 2.08. The number of hydrogen-bond acceptors (Lipinski definition) is 4. The highest BCUT2D eigenvalue weighted by Gasteiger charge is 2.21. The monoisotopic (exact) mass is 207 g/mol. The number of pyridine rings is 1. The van der Waals surface area contributed by atoms with Crippen LogP contribution in [0.5, 0.6) is 0 Å². The van der Waals surface area contributed by atoms with E-state index in [1.165, 1.54) is 0 Å². The van der Waals surface area contributed by atoms with Crippen LogP contribution >= 0.6 is 0 Å². The van der Waals surface area contributed by atoms with Crippen molar-refractivity contribution in [2.45, 2.75) is 12.8 Å². The third-order valence-corrected chi connectivity index (χ3v) is 2.89. The molecule has 0 spiro atoms. The quantitative estimate of drug-likeness (QED) is 0.755. The second-order valence-electron chi connectivity index (χ2n) is 4.05. The van der Waals surface area contributed by atoms with E-state index < -0.39 is 0 Å². The van der Waals surface area contributed by atoms with Crippen molar-refractivity contribution in [1.29, 1.82) is 0 Å². The average Bonchev–Trinajstić information content (AvgIpc) is 2.30. The lowest BCUT2D eigenvalue weighted by molar-refractivity contribution is 0.208. The predicted molar refractivity (Wildman–Crippen MR) is 60.7 cm³/mol. The van der Waals surface area contributed by atoms with Gasteiger partial charge < -0.3 is 15.7 Å². The zero-order valence-electron chi connectivity index (χ0n) is 8.76. The van der Waals surface area contributed by atoms with Crippen LogP contribution in [-0.4, -0.2) is 29.8 Å². The Labute approximate surface area is 89.7 Å². The first kappa shape index (κ1) is 10.2. The molecule has 4 heteroatoms. The topological polar surface area (TPSA) is 62.4 Å². The standard InChI is InChI=1S/C11H17N3O/c12-10-4-1-5-13-11(10)14-6-2-3-9(7-14)8-15/h1,4-5,9,15H,2-3,6-8,12H2/t9-/m0/s1. The molecule has 1 aliphatic rings. The summed E-state index contributed by atoms with van der Waals surface area (Å²) in [7, 11) is 0. The Balaban J connectivity index is 2.13.